The minimum Gasteiger partial charge on any atom is -0.444 e. The molecule has 2 aliphatic heterocycles. The van der Waals surface area contributed by atoms with Gasteiger partial charge in [0.1, 0.15) is 5.60 Å². The van der Waals surface area contributed by atoms with E-state index in [9.17, 15) is 9.59 Å². The largest absolute Gasteiger partial charge is 0.444 e. The van der Waals surface area contributed by atoms with E-state index in [1.807, 2.05) is 62.1 Å². The number of hydrogen-bond acceptors (Lipinski definition) is 4. The number of rotatable bonds is 2. The van der Waals surface area contributed by atoms with Crippen LogP contribution in [0.5, 0.6) is 0 Å². The third kappa shape index (κ3) is 3.75. The Morgan fingerprint density at radius 2 is 1.44 bits per heavy atom. The highest BCUT2D eigenvalue weighted by molar-refractivity contribution is 6.19. The summed E-state index contributed by atoms with van der Waals surface area (Å²) in [5, 5.41) is 4.13. The molecule has 5 rings (SSSR count). The van der Waals surface area contributed by atoms with E-state index in [0.717, 1.165) is 27.1 Å². The van der Waals surface area contributed by atoms with Crippen molar-refractivity contribution in [1.29, 1.82) is 0 Å². The average Bonchev–Trinajstić information content (AvgIpc) is 2.74. The number of carbonyl (C=O) groups excluding carboxylic acids is 2. The second-order valence-corrected chi connectivity index (χ2v) is 9.96. The first-order chi connectivity index (χ1) is 15.3. The lowest BCUT2D eigenvalue weighted by molar-refractivity contribution is -0.0860. The summed E-state index contributed by atoms with van der Waals surface area (Å²) in [5.74, 6) is 0.0144. The van der Waals surface area contributed by atoms with E-state index in [4.69, 9.17) is 9.47 Å². The normalized spacial score (nSPS) is 23.3. The van der Waals surface area contributed by atoms with Gasteiger partial charge in [-0.25, -0.2) is 4.79 Å². The van der Waals surface area contributed by atoms with Gasteiger partial charge in [0.15, 0.2) is 5.78 Å². The Hall–Kier alpha value is -2.92. The molecule has 2 fully saturated rings. The maximum Gasteiger partial charge on any atom is 0.410 e. The molecular weight excluding hydrogens is 402 g/mol. The molecule has 2 aliphatic rings. The van der Waals surface area contributed by atoms with Crippen LogP contribution in [-0.2, 0) is 9.47 Å². The highest BCUT2D eigenvalue weighted by Crippen LogP contribution is 2.37. The van der Waals surface area contributed by atoms with E-state index < -0.39 is 5.60 Å². The van der Waals surface area contributed by atoms with Crippen molar-refractivity contribution in [3.8, 4) is 0 Å². The van der Waals surface area contributed by atoms with Crippen molar-refractivity contribution in [1.82, 2.24) is 4.90 Å². The molecule has 5 nitrogen and oxygen atoms in total. The molecule has 2 atom stereocenters. The molecule has 2 unspecified atom stereocenters. The molecule has 166 valence electrons. The molecule has 0 aromatic heterocycles. The Morgan fingerprint density at radius 3 is 1.97 bits per heavy atom. The molecule has 1 amide bonds. The summed E-state index contributed by atoms with van der Waals surface area (Å²) < 4.78 is 11.4. The average molecular weight is 432 g/mol. The predicted octanol–water partition coefficient (Wildman–Crippen LogP) is 5.59. The van der Waals surface area contributed by atoms with Crippen LogP contribution in [0.2, 0.25) is 0 Å². The van der Waals surface area contributed by atoms with Crippen LogP contribution >= 0.6 is 0 Å². The molecule has 5 heteroatoms. The van der Waals surface area contributed by atoms with Crippen LogP contribution < -0.4 is 0 Å². The van der Waals surface area contributed by atoms with Crippen LogP contribution in [0.1, 0.15) is 44.0 Å². The third-order valence-corrected chi connectivity index (χ3v) is 6.51. The zero-order chi connectivity index (χ0) is 22.5. The SMILES string of the molecule is CC(C)(C)OC(=O)N1C2COCC1CC(C(=O)c1c3ccccc3cc3ccccc13)C2. The Kier molecular flexibility index (Phi) is 5.17. The fourth-order valence-electron chi connectivity index (χ4n) is 5.23. The Morgan fingerprint density at radius 1 is 0.906 bits per heavy atom. The monoisotopic (exact) mass is 431 g/mol. The van der Waals surface area contributed by atoms with Crippen LogP contribution in [0.15, 0.2) is 54.6 Å². The zero-order valence-electron chi connectivity index (χ0n) is 18.8. The van der Waals surface area contributed by atoms with Gasteiger partial charge in [-0.15, -0.1) is 0 Å². The number of ketones is 1. The first-order valence-corrected chi connectivity index (χ1v) is 11.4. The van der Waals surface area contributed by atoms with Gasteiger partial charge in [-0.1, -0.05) is 48.5 Å². The van der Waals surface area contributed by atoms with Gasteiger partial charge in [0.2, 0.25) is 0 Å². The van der Waals surface area contributed by atoms with E-state index >= 15 is 0 Å². The van der Waals surface area contributed by atoms with Crippen molar-refractivity contribution < 1.29 is 19.1 Å². The van der Waals surface area contributed by atoms with E-state index in [1.54, 1.807) is 0 Å². The molecule has 0 N–H and O–H groups in total. The number of piperidine rings is 1. The summed E-state index contributed by atoms with van der Waals surface area (Å²) in [6.45, 7) is 6.50. The standard InChI is InChI=1S/C27H29NO4/c1-27(2,3)32-26(30)28-20-13-19(14-21(28)16-31-15-20)25(29)24-22-10-6-4-8-17(22)12-18-9-5-7-11-23(18)24/h4-12,19-21H,13-16H2,1-3H3. The highest BCUT2D eigenvalue weighted by atomic mass is 16.6. The molecule has 0 saturated carbocycles. The van der Waals surface area contributed by atoms with Gasteiger partial charge >= 0.3 is 6.09 Å². The lowest BCUT2D eigenvalue weighted by Gasteiger charge is -2.48. The summed E-state index contributed by atoms with van der Waals surface area (Å²) in [4.78, 5) is 28.7. The number of carbonyl (C=O) groups is 2. The Bertz CT molecular complexity index is 1130. The van der Waals surface area contributed by atoms with Crippen molar-refractivity contribution in [3.63, 3.8) is 0 Å². The number of hydrogen-bond donors (Lipinski definition) is 0. The predicted molar refractivity (Wildman–Crippen MR) is 125 cm³/mol. The molecular formula is C27H29NO4. The molecule has 2 saturated heterocycles. The number of morpholine rings is 1. The molecule has 2 heterocycles. The van der Waals surface area contributed by atoms with Crippen LogP contribution in [0.3, 0.4) is 0 Å². The van der Waals surface area contributed by atoms with E-state index in [2.05, 4.69) is 18.2 Å². The topological polar surface area (TPSA) is 55.8 Å². The van der Waals surface area contributed by atoms with E-state index in [0.29, 0.717) is 26.1 Å². The fraction of sp³-hybridized carbons (Fsp3) is 0.407. The summed E-state index contributed by atoms with van der Waals surface area (Å²) in [6.07, 6.45) is 0.871. The highest BCUT2D eigenvalue weighted by Gasteiger charge is 2.45. The smallest absolute Gasteiger partial charge is 0.410 e. The molecule has 32 heavy (non-hydrogen) atoms. The maximum absolute atomic E-state index is 14.0. The van der Waals surface area contributed by atoms with Gasteiger partial charge in [0.25, 0.3) is 0 Å². The van der Waals surface area contributed by atoms with Crippen molar-refractivity contribution in [2.24, 2.45) is 5.92 Å². The van der Waals surface area contributed by atoms with Gasteiger partial charge < -0.3 is 9.47 Å². The number of benzene rings is 3. The van der Waals surface area contributed by atoms with Crippen molar-refractivity contribution in [2.45, 2.75) is 51.3 Å². The summed E-state index contributed by atoms with van der Waals surface area (Å²) in [7, 11) is 0. The van der Waals surface area contributed by atoms with Crippen LogP contribution in [0.4, 0.5) is 4.79 Å². The van der Waals surface area contributed by atoms with Gasteiger partial charge in [-0.3, -0.25) is 9.69 Å². The van der Waals surface area contributed by atoms with Gasteiger partial charge in [0.05, 0.1) is 25.3 Å². The molecule has 3 aromatic carbocycles. The van der Waals surface area contributed by atoms with Gasteiger partial charge in [-0.05, 0) is 61.2 Å². The summed E-state index contributed by atoms with van der Waals surface area (Å²) in [5.41, 5.74) is 0.245. The van der Waals surface area contributed by atoms with E-state index in [-0.39, 0.29) is 29.9 Å². The first kappa shape index (κ1) is 21.0. The second kappa shape index (κ2) is 7.89. The third-order valence-electron chi connectivity index (χ3n) is 6.51. The molecule has 0 spiro atoms. The quantitative estimate of drug-likeness (QED) is 0.392. The summed E-state index contributed by atoms with van der Waals surface area (Å²) in [6, 6.07) is 18.0. The van der Waals surface area contributed by atoms with Crippen molar-refractivity contribution in [3.05, 3.63) is 60.2 Å². The van der Waals surface area contributed by atoms with Crippen LogP contribution in [0.25, 0.3) is 21.5 Å². The second-order valence-electron chi connectivity index (χ2n) is 9.96. The number of fused-ring (bicyclic) bond motifs is 4. The molecule has 0 radical (unpaired) electrons. The number of nitrogens with zero attached hydrogens (tertiary/aromatic N) is 1. The minimum atomic E-state index is -0.555. The Labute approximate surface area is 188 Å². The van der Waals surface area contributed by atoms with Crippen LogP contribution in [0, 0.1) is 5.92 Å². The summed E-state index contributed by atoms with van der Waals surface area (Å²) >= 11 is 0. The first-order valence-electron chi connectivity index (χ1n) is 11.4. The lowest BCUT2D eigenvalue weighted by Crippen LogP contribution is -2.60. The molecule has 2 bridgehead atoms. The zero-order valence-corrected chi connectivity index (χ0v) is 18.8. The van der Waals surface area contributed by atoms with Crippen molar-refractivity contribution >= 4 is 33.4 Å². The molecule has 3 aromatic rings. The number of amides is 1. The number of Topliss-reactive ketones (excluding diaryl/α,β-unsaturated/α-hetero) is 1. The number of ether oxygens (including phenoxy) is 2. The molecule has 0 aliphatic carbocycles. The van der Waals surface area contributed by atoms with Gasteiger partial charge in [-0.2, -0.15) is 0 Å². The maximum atomic E-state index is 14.0. The fourth-order valence-corrected chi connectivity index (χ4v) is 5.23. The minimum absolute atomic E-state index is 0.146. The lowest BCUT2D eigenvalue weighted by atomic mass is 9.79. The Balaban J connectivity index is 1.50. The van der Waals surface area contributed by atoms with Crippen LogP contribution in [-0.4, -0.2) is 47.7 Å². The van der Waals surface area contributed by atoms with Gasteiger partial charge in [0, 0.05) is 11.5 Å². The van der Waals surface area contributed by atoms with E-state index in [1.165, 1.54) is 0 Å². The van der Waals surface area contributed by atoms with Crippen molar-refractivity contribution in [2.75, 3.05) is 13.2 Å².